The Morgan fingerprint density at radius 2 is 1.88 bits per heavy atom. The standard InChI is InChI=1S/C11H18ClN3O2/c1-8-9(2)11(15-14-10(8)12)13-4-5-17-7-6-16-3/h4-7H2,1-3H3,(H,13,15). The molecule has 1 heterocycles. The Labute approximate surface area is 106 Å². The van der Waals surface area contributed by atoms with Crippen molar-refractivity contribution in [3.8, 4) is 0 Å². The summed E-state index contributed by atoms with van der Waals surface area (Å²) < 4.78 is 10.2. The first-order valence-corrected chi connectivity index (χ1v) is 5.84. The lowest BCUT2D eigenvalue weighted by Gasteiger charge is -2.10. The first kappa shape index (κ1) is 14.2. The SMILES string of the molecule is COCCOCCNc1nnc(Cl)c(C)c1C. The van der Waals surface area contributed by atoms with Crippen LogP contribution in [0.3, 0.4) is 0 Å². The molecule has 0 aliphatic heterocycles. The van der Waals surface area contributed by atoms with Crippen molar-refractivity contribution in [2.75, 3.05) is 38.8 Å². The van der Waals surface area contributed by atoms with E-state index in [1.54, 1.807) is 7.11 Å². The molecule has 0 aliphatic carbocycles. The predicted molar refractivity (Wildman–Crippen MR) is 67.7 cm³/mol. The van der Waals surface area contributed by atoms with Crippen LogP contribution in [0.1, 0.15) is 11.1 Å². The van der Waals surface area contributed by atoms with Crippen LogP contribution in [0.2, 0.25) is 5.15 Å². The second kappa shape index (κ2) is 7.42. The van der Waals surface area contributed by atoms with Crippen molar-refractivity contribution >= 4 is 17.4 Å². The zero-order chi connectivity index (χ0) is 12.7. The molecule has 5 nitrogen and oxygen atoms in total. The van der Waals surface area contributed by atoms with E-state index < -0.39 is 0 Å². The van der Waals surface area contributed by atoms with Crippen molar-refractivity contribution in [3.63, 3.8) is 0 Å². The lowest BCUT2D eigenvalue weighted by atomic mass is 10.2. The van der Waals surface area contributed by atoms with Crippen molar-refractivity contribution in [3.05, 3.63) is 16.3 Å². The van der Waals surface area contributed by atoms with E-state index in [0.717, 1.165) is 16.9 Å². The fraction of sp³-hybridized carbons (Fsp3) is 0.636. The van der Waals surface area contributed by atoms with Crippen LogP contribution in [-0.4, -0.2) is 43.7 Å². The first-order chi connectivity index (χ1) is 8.16. The highest BCUT2D eigenvalue weighted by molar-refractivity contribution is 6.30. The second-order valence-corrected chi connectivity index (χ2v) is 3.98. The van der Waals surface area contributed by atoms with Crippen molar-refractivity contribution in [1.29, 1.82) is 0 Å². The van der Waals surface area contributed by atoms with Gasteiger partial charge in [-0.25, -0.2) is 0 Å². The molecular weight excluding hydrogens is 242 g/mol. The second-order valence-electron chi connectivity index (χ2n) is 3.62. The zero-order valence-electron chi connectivity index (χ0n) is 10.4. The number of ether oxygens (including phenoxy) is 2. The molecule has 0 bridgehead atoms. The molecule has 0 atom stereocenters. The Hall–Kier alpha value is -0.910. The molecule has 0 amide bonds. The molecule has 0 spiro atoms. The molecule has 1 aromatic rings. The third kappa shape index (κ3) is 4.46. The van der Waals surface area contributed by atoms with Gasteiger partial charge in [0.25, 0.3) is 0 Å². The van der Waals surface area contributed by atoms with Gasteiger partial charge in [0.05, 0.1) is 19.8 Å². The fourth-order valence-corrected chi connectivity index (χ4v) is 1.41. The lowest BCUT2D eigenvalue weighted by molar-refractivity contribution is 0.0759. The molecular formula is C11H18ClN3O2. The van der Waals surface area contributed by atoms with Gasteiger partial charge in [0, 0.05) is 13.7 Å². The number of aromatic nitrogens is 2. The minimum absolute atomic E-state index is 0.449. The van der Waals surface area contributed by atoms with Gasteiger partial charge in [-0.3, -0.25) is 0 Å². The molecule has 6 heteroatoms. The summed E-state index contributed by atoms with van der Waals surface area (Å²) in [5, 5.41) is 11.5. The van der Waals surface area contributed by atoms with E-state index in [1.165, 1.54) is 0 Å². The minimum Gasteiger partial charge on any atom is -0.382 e. The van der Waals surface area contributed by atoms with Crippen LogP contribution >= 0.6 is 11.6 Å². The van der Waals surface area contributed by atoms with E-state index >= 15 is 0 Å². The van der Waals surface area contributed by atoms with Crippen molar-refractivity contribution < 1.29 is 9.47 Å². The zero-order valence-corrected chi connectivity index (χ0v) is 11.2. The number of anilines is 1. The third-order valence-corrected chi connectivity index (χ3v) is 2.79. The quantitative estimate of drug-likeness (QED) is 0.757. The summed E-state index contributed by atoms with van der Waals surface area (Å²) in [6, 6.07) is 0. The minimum atomic E-state index is 0.449. The van der Waals surface area contributed by atoms with Gasteiger partial charge in [-0.1, -0.05) is 11.6 Å². The molecule has 0 saturated carbocycles. The van der Waals surface area contributed by atoms with Crippen LogP contribution in [0.15, 0.2) is 0 Å². The molecule has 96 valence electrons. The summed E-state index contributed by atoms with van der Waals surface area (Å²) in [5.41, 5.74) is 1.96. The molecule has 0 fully saturated rings. The molecule has 1 aromatic heterocycles. The summed E-state index contributed by atoms with van der Waals surface area (Å²) in [4.78, 5) is 0. The van der Waals surface area contributed by atoms with Crippen LogP contribution in [0.25, 0.3) is 0 Å². The maximum absolute atomic E-state index is 5.86. The van der Waals surface area contributed by atoms with Gasteiger partial charge >= 0.3 is 0 Å². The Morgan fingerprint density at radius 1 is 1.12 bits per heavy atom. The number of hydrogen-bond acceptors (Lipinski definition) is 5. The molecule has 0 unspecified atom stereocenters. The largest absolute Gasteiger partial charge is 0.382 e. The van der Waals surface area contributed by atoms with Gasteiger partial charge in [-0.15, -0.1) is 10.2 Å². The summed E-state index contributed by atoms with van der Waals surface area (Å²) in [5.74, 6) is 0.752. The molecule has 0 saturated heterocycles. The van der Waals surface area contributed by atoms with Crippen molar-refractivity contribution in [2.24, 2.45) is 0 Å². The van der Waals surface area contributed by atoms with Crippen LogP contribution in [0.5, 0.6) is 0 Å². The van der Waals surface area contributed by atoms with E-state index in [2.05, 4.69) is 15.5 Å². The number of hydrogen-bond donors (Lipinski definition) is 1. The monoisotopic (exact) mass is 259 g/mol. The van der Waals surface area contributed by atoms with Crippen LogP contribution in [-0.2, 0) is 9.47 Å². The number of nitrogens with one attached hydrogen (secondary N) is 1. The third-order valence-electron chi connectivity index (χ3n) is 2.44. The van der Waals surface area contributed by atoms with Gasteiger partial charge in [-0.05, 0) is 25.0 Å². The predicted octanol–water partition coefficient (Wildman–Crippen LogP) is 1.82. The van der Waals surface area contributed by atoms with Gasteiger partial charge in [0.2, 0.25) is 0 Å². The maximum atomic E-state index is 5.86. The van der Waals surface area contributed by atoms with Gasteiger partial charge < -0.3 is 14.8 Å². The summed E-state index contributed by atoms with van der Waals surface area (Å²) in [7, 11) is 1.65. The molecule has 1 N–H and O–H groups in total. The Bertz CT molecular complexity index is 361. The van der Waals surface area contributed by atoms with E-state index in [0.29, 0.717) is 31.5 Å². The molecule has 0 radical (unpaired) electrons. The Balaban J connectivity index is 2.35. The average molecular weight is 260 g/mol. The summed E-state index contributed by atoms with van der Waals surface area (Å²) >= 11 is 5.86. The topological polar surface area (TPSA) is 56.3 Å². The Morgan fingerprint density at radius 3 is 2.59 bits per heavy atom. The molecule has 0 aromatic carbocycles. The first-order valence-electron chi connectivity index (χ1n) is 5.46. The van der Waals surface area contributed by atoms with Crippen LogP contribution in [0, 0.1) is 13.8 Å². The lowest BCUT2D eigenvalue weighted by Crippen LogP contribution is -2.14. The van der Waals surface area contributed by atoms with E-state index in [1.807, 2.05) is 13.8 Å². The average Bonchev–Trinajstić information content (AvgIpc) is 2.33. The van der Waals surface area contributed by atoms with Crippen molar-refractivity contribution in [1.82, 2.24) is 10.2 Å². The smallest absolute Gasteiger partial charge is 0.155 e. The highest BCUT2D eigenvalue weighted by Crippen LogP contribution is 2.20. The molecule has 0 aliphatic rings. The van der Waals surface area contributed by atoms with E-state index in [-0.39, 0.29) is 0 Å². The molecule has 17 heavy (non-hydrogen) atoms. The highest BCUT2D eigenvalue weighted by Gasteiger charge is 2.06. The van der Waals surface area contributed by atoms with Crippen LogP contribution < -0.4 is 5.32 Å². The Kier molecular flexibility index (Phi) is 6.18. The van der Waals surface area contributed by atoms with Crippen molar-refractivity contribution in [2.45, 2.75) is 13.8 Å². The maximum Gasteiger partial charge on any atom is 0.155 e. The normalized spacial score (nSPS) is 10.6. The number of nitrogens with zero attached hydrogens (tertiary/aromatic N) is 2. The van der Waals surface area contributed by atoms with Gasteiger partial charge in [0.15, 0.2) is 11.0 Å². The van der Waals surface area contributed by atoms with E-state index in [4.69, 9.17) is 21.1 Å². The summed E-state index contributed by atoms with van der Waals surface area (Å²) in [6.45, 7) is 6.38. The molecule has 1 rings (SSSR count). The highest BCUT2D eigenvalue weighted by atomic mass is 35.5. The summed E-state index contributed by atoms with van der Waals surface area (Å²) in [6.07, 6.45) is 0. The number of rotatable bonds is 7. The van der Waals surface area contributed by atoms with Gasteiger partial charge in [-0.2, -0.15) is 0 Å². The van der Waals surface area contributed by atoms with E-state index in [9.17, 15) is 0 Å². The number of halogens is 1. The van der Waals surface area contributed by atoms with Gasteiger partial charge in [0.1, 0.15) is 0 Å². The fourth-order valence-electron chi connectivity index (χ4n) is 1.23. The number of methoxy groups -OCH3 is 1. The van der Waals surface area contributed by atoms with Crippen LogP contribution in [0.4, 0.5) is 5.82 Å².